The number of anilines is 1. The highest BCUT2D eigenvalue weighted by Gasteiger charge is 2.25. The van der Waals surface area contributed by atoms with Crippen LogP contribution in [0.25, 0.3) is 0 Å². The van der Waals surface area contributed by atoms with Gasteiger partial charge in [-0.3, -0.25) is 4.79 Å². The molecule has 0 unspecified atom stereocenters. The van der Waals surface area contributed by atoms with Crippen LogP contribution < -0.4 is 19.7 Å². The molecule has 0 saturated heterocycles. The van der Waals surface area contributed by atoms with Gasteiger partial charge in [-0.15, -0.1) is 0 Å². The number of hydrogen-bond acceptors (Lipinski definition) is 4. The molecule has 0 saturated carbocycles. The highest BCUT2D eigenvalue weighted by molar-refractivity contribution is 5.95. The van der Waals surface area contributed by atoms with Crippen LogP contribution in [-0.4, -0.2) is 34.2 Å². The molecule has 0 aliphatic heterocycles. The Morgan fingerprint density at radius 1 is 1.00 bits per heavy atom. The quantitative estimate of drug-likeness (QED) is 0.874. The summed E-state index contributed by atoms with van der Waals surface area (Å²) in [4.78, 5) is 14.7. The van der Waals surface area contributed by atoms with Crippen LogP contribution in [-0.2, 0) is 5.54 Å². The van der Waals surface area contributed by atoms with Crippen molar-refractivity contribution in [1.82, 2.24) is 5.32 Å². The zero-order valence-electron chi connectivity index (χ0n) is 15.7. The van der Waals surface area contributed by atoms with Crippen LogP contribution in [0.3, 0.4) is 0 Å². The van der Waals surface area contributed by atoms with E-state index in [0.717, 1.165) is 11.3 Å². The molecule has 2 rings (SSSR count). The van der Waals surface area contributed by atoms with Crippen LogP contribution in [0.1, 0.15) is 29.8 Å². The van der Waals surface area contributed by atoms with E-state index in [9.17, 15) is 4.79 Å². The SMILES string of the molecule is COc1ccc(C(C)(C)NC(=O)c2cccc(N(C)C)c2)cc1OC. The molecule has 0 fully saturated rings. The number of methoxy groups -OCH3 is 2. The molecule has 2 aromatic carbocycles. The molecule has 0 atom stereocenters. The van der Waals surface area contributed by atoms with E-state index in [1.807, 2.05) is 75.3 Å². The highest BCUT2D eigenvalue weighted by atomic mass is 16.5. The van der Waals surface area contributed by atoms with Crippen LogP contribution in [0.5, 0.6) is 11.5 Å². The first kappa shape index (κ1) is 18.6. The lowest BCUT2D eigenvalue weighted by molar-refractivity contribution is 0.0912. The van der Waals surface area contributed by atoms with Crippen molar-refractivity contribution in [3.05, 3.63) is 53.6 Å². The summed E-state index contributed by atoms with van der Waals surface area (Å²) in [6.07, 6.45) is 0. The predicted molar refractivity (Wildman–Crippen MR) is 101 cm³/mol. The standard InChI is InChI=1S/C20H26N2O3/c1-20(2,15-10-11-17(24-5)18(13-15)25-6)21-19(23)14-8-7-9-16(12-14)22(3)4/h7-13H,1-6H3,(H,21,23). The Labute approximate surface area is 149 Å². The van der Waals surface area contributed by atoms with Gasteiger partial charge in [-0.2, -0.15) is 0 Å². The van der Waals surface area contributed by atoms with Gasteiger partial charge in [0.2, 0.25) is 0 Å². The average Bonchev–Trinajstić information content (AvgIpc) is 2.60. The molecule has 0 aliphatic carbocycles. The zero-order chi connectivity index (χ0) is 18.6. The third-order valence-electron chi connectivity index (χ3n) is 4.16. The molecule has 134 valence electrons. The van der Waals surface area contributed by atoms with Crippen molar-refractivity contribution >= 4 is 11.6 Å². The first-order chi connectivity index (χ1) is 11.8. The number of amides is 1. The lowest BCUT2D eigenvalue weighted by Crippen LogP contribution is -2.41. The van der Waals surface area contributed by atoms with Gasteiger partial charge in [-0.25, -0.2) is 0 Å². The minimum atomic E-state index is -0.565. The first-order valence-corrected chi connectivity index (χ1v) is 8.11. The smallest absolute Gasteiger partial charge is 0.252 e. The summed E-state index contributed by atoms with van der Waals surface area (Å²) in [6.45, 7) is 3.92. The van der Waals surface area contributed by atoms with E-state index in [-0.39, 0.29) is 5.91 Å². The number of benzene rings is 2. The molecule has 1 N–H and O–H groups in total. The monoisotopic (exact) mass is 342 g/mol. The zero-order valence-corrected chi connectivity index (χ0v) is 15.7. The number of hydrogen-bond donors (Lipinski definition) is 1. The largest absolute Gasteiger partial charge is 0.493 e. The Morgan fingerprint density at radius 2 is 1.68 bits per heavy atom. The van der Waals surface area contributed by atoms with Crippen LogP contribution in [0.2, 0.25) is 0 Å². The molecule has 0 spiro atoms. The van der Waals surface area contributed by atoms with Crippen molar-refractivity contribution < 1.29 is 14.3 Å². The minimum absolute atomic E-state index is 0.122. The molecule has 1 amide bonds. The molecule has 5 nitrogen and oxygen atoms in total. The second-order valence-corrected chi connectivity index (χ2v) is 6.59. The predicted octanol–water partition coefficient (Wildman–Crippen LogP) is 3.43. The Bertz CT molecular complexity index is 754. The molecule has 25 heavy (non-hydrogen) atoms. The summed E-state index contributed by atoms with van der Waals surface area (Å²) in [6, 6.07) is 13.2. The van der Waals surface area contributed by atoms with Gasteiger partial charge in [0.1, 0.15) is 0 Å². The van der Waals surface area contributed by atoms with E-state index in [4.69, 9.17) is 9.47 Å². The fourth-order valence-corrected chi connectivity index (χ4v) is 2.58. The van der Waals surface area contributed by atoms with Gasteiger partial charge in [0.15, 0.2) is 11.5 Å². The third-order valence-corrected chi connectivity index (χ3v) is 4.16. The van der Waals surface area contributed by atoms with E-state index in [0.29, 0.717) is 17.1 Å². The Balaban J connectivity index is 2.26. The van der Waals surface area contributed by atoms with E-state index >= 15 is 0 Å². The normalized spacial score (nSPS) is 11.0. The average molecular weight is 342 g/mol. The van der Waals surface area contributed by atoms with Crippen molar-refractivity contribution in [2.75, 3.05) is 33.2 Å². The summed E-state index contributed by atoms with van der Waals surface area (Å²) in [7, 11) is 7.09. The molecule has 0 aromatic heterocycles. The van der Waals surface area contributed by atoms with Crippen molar-refractivity contribution in [3.63, 3.8) is 0 Å². The third kappa shape index (κ3) is 4.24. The van der Waals surface area contributed by atoms with E-state index in [1.165, 1.54) is 0 Å². The molecule has 2 aromatic rings. The van der Waals surface area contributed by atoms with Gasteiger partial charge < -0.3 is 19.7 Å². The summed E-state index contributed by atoms with van der Waals surface area (Å²) < 4.78 is 10.6. The molecule has 5 heteroatoms. The second-order valence-electron chi connectivity index (χ2n) is 6.59. The number of nitrogens with one attached hydrogen (secondary N) is 1. The molecular formula is C20H26N2O3. The number of ether oxygens (including phenoxy) is 2. The fraction of sp³-hybridized carbons (Fsp3) is 0.350. The van der Waals surface area contributed by atoms with Gasteiger partial charge in [0.25, 0.3) is 5.91 Å². The molecule has 0 radical (unpaired) electrons. The van der Waals surface area contributed by atoms with Gasteiger partial charge in [0, 0.05) is 25.3 Å². The fourth-order valence-electron chi connectivity index (χ4n) is 2.58. The van der Waals surface area contributed by atoms with Crippen molar-refractivity contribution in [2.45, 2.75) is 19.4 Å². The Kier molecular flexibility index (Phi) is 5.57. The number of rotatable bonds is 6. The summed E-state index contributed by atoms with van der Waals surface area (Å²) in [5.41, 5.74) is 1.98. The van der Waals surface area contributed by atoms with E-state index in [1.54, 1.807) is 14.2 Å². The van der Waals surface area contributed by atoms with Gasteiger partial charge in [-0.1, -0.05) is 12.1 Å². The maximum atomic E-state index is 12.7. The van der Waals surface area contributed by atoms with Crippen molar-refractivity contribution in [1.29, 1.82) is 0 Å². The topological polar surface area (TPSA) is 50.8 Å². The summed E-state index contributed by atoms with van der Waals surface area (Å²) in [5.74, 6) is 1.17. The summed E-state index contributed by atoms with van der Waals surface area (Å²) in [5, 5.41) is 3.09. The molecular weight excluding hydrogens is 316 g/mol. The highest BCUT2D eigenvalue weighted by Crippen LogP contribution is 2.32. The van der Waals surface area contributed by atoms with Crippen molar-refractivity contribution in [3.8, 4) is 11.5 Å². The Morgan fingerprint density at radius 3 is 2.28 bits per heavy atom. The minimum Gasteiger partial charge on any atom is -0.493 e. The maximum absolute atomic E-state index is 12.7. The molecule has 0 heterocycles. The van der Waals surface area contributed by atoms with E-state index < -0.39 is 5.54 Å². The first-order valence-electron chi connectivity index (χ1n) is 8.11. The van der Waals surface area contributed by atoms with Crippen LogP contribution in [0.15, 0.2) is 42.5 Å². The van der Waals surface area contributed by atoms with Crippen molar-refractivity contribution in [2.24, 2.45) is 0 Å². The number of carbonyl (C=O) groups is 1. The number of nitrogens with zero attached hydrogens (tertiary/aromatic N) is 1. The van der Waals surface area contributed by atoms with Gasteiger partial charge in [0.05, 0.1) is 19.8 Å². The lowest BCUT2D eigenvalue weighted by Gasteiger charge is -2.28. The number of carbonyl (C=O) groups excluding carboxylic acids is 1. The molecule has 0 aliphatic rings. The molecule has 0 bridgehead atoms. The second kappa shape index (κ2) is 7.47. The van der Waals surface area contributed by atoms with E-state index in [2.05, 4.69) is 5.32 Å². The van der Waals surface area contributed by atoms with Gasteiger partial charge >= 0.3 is 0 Å². The van der Waals surface area contributed by atoms with Crippen LogP contribution >= 0.6 is 0 Å². The van der Waals surface area contributed by atoms with Gasteiger partial charge in [-0.05, 0) is 49.7 Å². The maximum Gasteiger partial charge on any atom is 0.252 e. The van der Waals surface area contributed by atoms with Crippen LogP contribution in [0, 0.1) is 0 Å². The summed E-state index contributed by atoms with van der Waals surface area (Å²) >= 11 is 0. The Hall–Kier alpha value is -2.69. The lowest BCUT2D eigenvalue weighted by atomic mass is 9.93. The van der Waals surface area contributed by atoms with Crippen LogP contribution in [0.4, 0.5) is 5.69 Å².